The summed E-state index contributed by atoms with van der Waals surface area (Å²) in [5.74, 6) is -0.0304. The maximum absolute atomic E-state index is 12.0. The van der Waals surface area contributed by atoms with E-state index in [9.17, 15) is 4.79 Å². The molecule has 28 heavy (non-hydrogen) atoms. The number of carbonyl (C=O) groups is 1. The Morgan fingerprint density at radius 1 is 0.857 bits per heavy atom. The van der Waals surface area contributed by atoms with Gasteiger partial charge < -0.3 is 9.64 Å². The summed E-state index contributed by atoms with van der Waals surface area (Å²) in [4.78, 5) is 14.3. The molecule has 1 atom stereocenters. The van der Waals surface area contributed by atoms with Crippen molar-refractivity contribution in [2.24, 2.45) is 5.92 Å². The van der Waals surface area contributed by atoms with Crippen LogP contribution in [-0.4, -0.2) is 30.6 Å². The molecule has 0 saturated carbocycles. The second-order valence-corrected chi connectivity index (χ2v) is 8.68. The number of unbranched alkanes of at least 4 members (excludes halogenated alkanes) is 13. The van der Waals surface area contributed by atoms with Crippen LogP contribution in [0.1, 0.15) is 117 Å². The average Bonchev–Trinajstić information content (AvgIpc) is 3.07. The summed E-state index contributed by atoms with van der Waals surface area (Å²) in [6, 6.07) is 0. The monoisotopic (exact) mass is 393 g/mol. The Bertz CT molecular complexity index is 407. The Hall–Kier alpha value is -0.990. The summed E-state index contributed by atoms with van der Waals surface area (Å²) < 4.78 is 5.29. The molecule has 0 amide bonds. The van der Waals surface area contributed by atoms with Crippen LogP contribution in [0.15, 0.2) is 12.3 Å². The van der Waals surface area contributed by atoms with Crippen LogP contribution in [0.3, 0.4) is 0 Å². The first-order valence-electron chi connectivity index (χ1n) is 12.3. The van der Waals surface area contributed by atoms with Crippen LogP contribution in [0.5, 0.6) is 0 Å². The Morgan fingerprint density at radius 3 is 1.86 bits per heavy atom. The molecule has 0 N–H and O–H groups in total. The summed E-state index contributed by atoms with van der Waals surface area (Å²) >= 11 is 0. The Balaban J connectivity index is 1.89. The van der Waals surface area contributed by atoms with E-state index >= 15 is 0 Å². The molecule has 3 heteroatoms. The maximum Gasteiger partial charge on any atom is 0.311 e. The second kappa shape index (κ2) is 16.9. The van der Waals surface area contributed by atoms with E-state index in [1.165, 1.54) is 89.9 Å². The highest BCUT2D eigenvalue weighted by molar-refractivity contribution is 5.73. The molecular weight excluding hydrogens is 346 g/mol. The molecule has 0 aromatic rings. The summed E-state index contributed by atoms with van der Waals surface area (Å²) in [7, 11) is 0. The average molecular weight is 394 g/mol. The zero-order chi connectivity index (χ0) is 20.5. The normalized spacial score (nSPS) is 16.7. The van der Waals surface area contributed by atoms with Gasteiger partial charge >= 0.3 is 5.97 Å². The molecular formula is C25H47NO2. The van der Waals surface area contributed by atoms with E-state index in [1.54, 1.807) is 0 Å². The van der Waals surface area contributed by atoms with Crippen LogP contribution in [0, 0.1) is 5.92 Å². The van der Waals surface area contributed by atoms with Gasteiger partial charge in [-0.15, -0.1) is 0 Å². The fourth-order valence-electron chi connectivity index (χ4n) is 4.10. The molecule has 1 unspecified atom stereocenters. The van der Waals surface area contributed by atoms with Gasteiger partial charge in [-0.05, 0) is 12.8 Å². The largest absolute Gasteiger partial charge is 0.465 e. The lowest BCUT2D eigenvalue weighted by atomic mass is 10.0. The number of allylic oxidation sites excluding steroid dienone is 1. The van der Waals surface area contributed by atoms with Crippen molar-refractivity contribution >= 4 is 5.97 Å². The molecule has 0 aromatic heterocycles. The number of hydrogen-bond acceptors (Lipinski definition) is 3. The van der Waals surface area contributed by atoms with Gasteiger partial charge in [-0.3, -0.25) is 4.79 Å². The van der Waals surface area contributed by atoms with Crippen molar-refractivity contribution in [1.82, 2.24) is 4.90 Å². The third kappa shape index (κ3) is 11.8. The fourth-order valence-corrected chi connectivity index (χ4v) is 4.10. The van der Waals surface area contributed by atoms with Gasteiger partial charge in [-0.2, -0.15) is 0 Å². The molecule has 0 aromatic carbocycles. The topological polar surface area (TPSA) is 29.5 Å². The van der Waals surface area contributed by atoms with E-state index < -0.39 is 0 Å². The molecule has 1 aliphatic heterocycles. The molecule has 0 spiro atoms. The van der Waals surface area contributed by atoms with E-state index in [1.807, 2.05) is 6.92 Å². The molecule has 1 aliphatic rings. The van der Waals surface area contributed by atoms with Crippen molar-refractivity contribution in [3.8, 4) is 0 Å². The number of likely N-dealkylation sites (tertiary alicyclic amines) is 1. The summed E-state index contributed by atoms with van der Waals surface area (Å²) in [5.41, 5.74) is 1.12. The molecule has 0 aliphatic carbocycles. The summed E-state index contributed by atoms with van der Waals surface area (Å²) in [6.45, 7) is 10.9. The third-order valence-corrected chi connectivity index (χ3v) is 5.93. The van der Waals surface area contributed by atoms with Crippen LogP contribution >= 0.6 is 0 Å². The minimum atomic E-state index is -0.0357. The summed E-state index contributed by atoms with van der Waals surface area (Å²) in [5, 5.41) is 0. The SMILES string of the molecule is C=C1CC(C(=O)OCCC)CN1CCCCCCCCCCCCCCCC. The zero-order valence-electron chi connectivity index (χ0n) is 19.0. The van der Waals surface area contributed by atoms with E-state index in [0.717, 1.165) is 31.6 Å². The van der Waals surface area contributed by atoms with Crippen LogP contribution in [0.25, 0.3) is 0 Å². The lowest BCUT2D eigenvalue weighted by Gasteiger charge is -2.19. The highest BCUT2D eigenvalue weighted by Gasteiger charge is 2.31. The first-order chi connectivity index (χ1) is 13.7. The number of ether oxygens (including phenoxy) is 1. The predicted octanol–water partition coefficient (Wildman–Crippen LogP) is 7.26. The molecule has 164 valence electrons. The third-order valence-electron chi connectivity index (χ3n) is 5.93. The highest BCUT2D eigenvalue weighted by Crippen LogP contribution is 2.26. The second-order valence-electron chi connectivity index (χ2n) is 8.68. The molecule has 0 bridgehead atoms. The van der Waals surface area contributed by atoms with Crippen LogP contribution in [0.4, 0.5) is 0 Å². The minimum Gasteiger partial charge on any atom is -0.465 e. The first-order valence-corrected chi connectivity index (χ1v) is 12.3. The highest BCUT2D eigenvalue weighted by atomic mass is 16.5. The van der Waals surface area contributed by atoms with Gasteiger partial charge in [0.1, 0.15) is 0 Å². The van der Waals surface area contributed by atoms with Crippen molar-refractivity contribution in [3.63, 3.8) is 0 Å². The quantitative estimate of drug-likeness (QED) is 0.181. The van der Waals surface area contributed by atoms with Gasteiger partial charge in [0.25, 0.3) is 0 Å². The smallest absolute Gasteiger partial charge is 0.311 e. The van der Waals surface area contributed by atoms with Crippen molar-refractivity contribution in [1.29, 1.82) is 0 Å². The molecule has 1 fully saturated rings. The Labute approximate surface area is 175 Å². The number of esters is 1. The van der Waals surface area contributed by atoms with Crippen molar-refractivity contribution in [3.05, 3.63) is 12.3 Å². The molecule has 1 heterocycles. The molecule has 1 saturated heterocycles. The van der Waals surface area contributed by atoms with Crippen LogP contribution in [-0.2, 0) is 9.53 Å². The Kier molecular flexibility index (Phi) is 15.1. The van der Waals surface area contributed by atoms with Crippen LogP contribution in [0.2, 0.25) is 0 Å². The number of carbonyl (C=O) groups excluding carboxylic acids is 1. The van der Waals surface area contributed by atoms with Gasteiger partial charge in [0.15, 0.2) is 0 Å². The fraction of sp³-hybridized carbons (Fsp3) is 0.880. The lowest BCUT2D eigenvalue weighted by Crippen LogP contribution is -2.25. The summed E-state index contributed by atoms with van der Waals surface area (Å²) in [6.07, 6.45) is 21.1. The number of hydrogen-bond donors (Lipinski definition) is 0. The molecule has 1 rings (SSSR count). The van der Waals surface area contributed by atoms with Crippen LogP contribution < -0.4 is 0 Å². The van der Waals surface area contributed by atoms with Gasteiger partial charge in [-0.1, -0.05) is 104 Å². The first kappa shape index (κ1) is 25.0. The predicted molar refractivity (Wildman–Crippen MR) is 120 cm³/mol. The Morgan fingerprint density at radius 2 is 1.36 bits per heavy atom. The zero-order valence-corrected chi connectivity index (χ0v) is 19.0. The molecule has 3 nitrogen and oxygen atoms in total. The van der Waals surface area contributed by atoms with Gasteiger partial charge in [0.05, 0.1) is 12.5 Å². The maximum atomic E-state index is 12.0. The standard InChI is InChI=1S/C25H47NO2/c1-4-6-7-8-9-10-11-12-13-14-15-16-17-18-19-26-22-24(21-23(26)3)25(27)28-20-5-2/h24H,3-22H2,1-2H3. The minimum absolute atomic E-state index is 0.00527. The molecule has 0 radical (unpaired) electrons. The van der Waals surface area contributed by atoms with Crippen molar-refractivity contribution in [2.75, 3.05) is 19.7 Å². The van der Waals surface area contributed by atoms with E-state index in [2.05, 4.69) is 18.4 Å². The van der Waals surface area contributed by atoms with Gasteiger partial charge in [-0.25, -0.2) is 0 Å². The van der Waals surface area contributed by atoms with E-state index in [-0.39, 0.29) is 11.9 Å². The number of nitrogens with zero attached hydrogens (tertiary/aromatic N) is 1. The number of rotatable bonds is 18. The van der Waals surface area contributed by atoms with E-state index in [0.29, 0.717) is 6.61 Å². The lowest BCUT2D eigenvalue weighted by molar-refractivity contribution is -0.148. The van der Waals surface area contributed by atoms with Crippen molar-refractivity contribution < 1.29 is 9.53 Å². The van der Waals surface area contributed by atoms with Gasteiger partial charge in [0.2, 0.25) is 0 Å². The van der Waals surface area contributed by atoms with E-state index in [4.69, 9.17) is 4.74 Å². The van der Waals surface area contributed by atoms with Crippen molar-refractivity contribution in [2.45, 2.75) is 117 Å². The van der Waals surface area contributed by atoms with Gasteiger partial charge in [0, 0.05) is 25.2 Å².